The molecule has 33 heavy (non-hydrogen) atoms. The van der Waals surface area contributed by atoms with Gasteiger partial charge in [-0.15, -0.1) is 0 Å². The smallest absolute Gasteiger partial charge is 0.416 e. The lowest BCUT2D eigenvalue weighted by Crippen LogP contribution is -2.13. The highest BCUT2D eigenvalue weighted by molar-refractivity contribution is 5.61. The van der Waals surface area contributed by atoms with Gasteiger partial charge >= 0.3 is 24.7 Å². The molecular weight excluding hydrogens is 488 g/mol. The molecule has 0 radical (unpaired) electrons. The van der Waals surface area contributed by atoms with Crippen molar-refractivity contribution in [3.8, 4) is 0 Å². The van der Waals surface area contributed by atoms with Crippen LogP contribution >= 0.6 is 0 Å². The van der Waals surface area contributed by atoms with Gasteiger partial charge < -0.3 is 10.2 Å². The van der Waals surface area contributed by atoms with Gasteiger partial charge in [-0.2, -0.15) is 52.7 Å². The predicted molar refractivity (Wildman–Crippen MR) is 88.5 cm³/mol. The first-order valence-electron chi connectivity index (χ1n) is 8.37. The van der Waals surface area contributed by atoms with E-state index >= 15 is 0 Å². The summed E-state index contributed by atoms with van der Waals surface area (Å²) in [6.07, 6.45) is -23.5. The summed E-state index contributed by atoms with van der Waals surface area (Å²) in [6.45, 7) is 0. The molecule has 0 saturated carbocycles. The second-order valence-corrected chi connectivity index (χ2v) is 6.63. The fourth-order valence-electron chi connectivity index (χ4n) is 2.59. The van der Waals surface area contributed by atoms with Crippen LogP contribution in [0.2, 0.25) is 0 Å². The summed E-state index contributed by atoms with van der Waals surface area (Å²) in [6, 6.07) is -0.256. The molecule has 0 aromatic heterocycles. The number of alkyl halides is 12. The summed E-state index contributed by atoms with van der Waals surface area (Å²) in [5.41, 5.74) is -9.58. The zero-order valence-corrected chi connectivity index (χ0v) is 15.5. The Morgan fingerprint density at radius 2 is 0.879 bits per heavy atom. The summed E-state index contributed by atoms with van der Waals surface area (Å²) in [5, 5.41) is 19.9. The molecule has 182 valence electrons. The third kappa shape index (κ3) is 6.55. The zero-order valence-electron chi connectivity index (χ0n) is 15.5. The minimum Gasteiger partial charge on any atom is -0.508 e. The molecule has 0 aliphatic heterocycles. The van der Waals surface area contributed by atoms with Crippen molar-refractivity contribution in [2.24, 2.45) is 0 Å². The molecule has 0 aliphatic carbocycles. The number of halogens is 12. The first-order valence-corrected chi connectivity index (χ1v) is 8.37. The molecule has 0 bridgehead atoms. The third-order valence-electron chi connectivity index (χ3n) is 4.15. The molecule has 0 spiro atoms. The van der Waals surface area contributed by atoms with E-state index in [0.29, 0.717) is 0 Å². The van der Waals surface area contributed by atoms with Gasteiger partial charge in [0.2, 0.25) is 0 Å². The second-order valence-electron chi connectivity index (χ2n) is 6.63. The molecule has 2 aromatic carbocycles. The maximum absolute atomic E-state index is 12.9. The molecule has 1 atom stereocenters. The van der Waals surface area contributed by atoms with Crippen molar-refractivity contribution < 1.29 is 62.9 Å². The summed E-state index contributed by atoms with van der Waals surface area (Å²) in [7, 11) is 0. The fraction of sp³-hybridized carbons (Fsp3) is 0.263. The molecule has 0 fully saturated rings. The van der Waals surface area contributed by atoms with Crippen LogP contribution < -0.4 is 0 Å². The van der Waals surface area contributed by atoms with Crippen molar-refractivity contribution in [2.45, 2.75) is 30.8 Å². The SMILES string of the molecule is O/C(=C\C(O)c1cc(C(F)(F)F)cc(C(F)(F)F)c1)c1cc(C(F)(F)F)cc(C(F)(F)F)c1. The van der Waals surface area contributed by atoms with Gasteiger partial charge in [0.25, 0.3) is 0 Å². The number of aliphatic hydroxyl groups is 2. The molecule has 2 aromatic rings. The van der Waals surface area contributed by atoms with Crippen LogP contribution in [0.4, 0.5) is 52.7 Å². The Kier molecular flexibility index (Phi) is 6.76. The Morgan fingerprint density at radius 1 is 0.576 bits per heavy atom. The number of rotatable bonds is 3. The Bertz CT molecular complexity index is 978. The Labute approximate surface area is 176 Å². The minimum absolute atomic E-state index is 0.0566. The summed E-state index contributed by atoms with van der Waals surface area (Å²) in [4.78, 5) is 0. The number of hydrogen-bond donors (Lipinski definition) is 2. The van der Waals surface area contributed by atoms with Crippen LogP contribution in [0, 0.1) is 0 Å². The molecule has 2 nitrogen and oxygen atoms in total. The maximum atomic E-state index is 12.9. The van der Waals surface area contributed by atoms with Crippen LogP contribution in [0.15, 0.2) is 42.5 Å². The number of aliphatic hydroxyl groups excluding tert-OH is 2. The van der Waals surface area contributed by atoms with Crippen molar-refractivity contribution in [3.05, 3.63) is 75.9 Å². The van der Waals surface area contributed by atoms with Crippen molar-refractivity contribution in [3.63, 3.8) is 0 Å². The minimum atomic E-state index is -5.29. The average molecular weight is 498 g/mol. The van der Waals surface area contributed by atoms with E-state index in [1.165, 1.54) is 0 Å². The molecule has 2 N–H and O–H groups in total. The molecular formula is C19H10F12O2. The number of hydrogen-bond acceptors (Lipinski definition) is 2. The van der Waals surface area contributed by atoms with Crippen LogP contribution in [0.3, 0.4) is 0 Å². The van der Waals surface area contributed by atoms with E-state index in [9.17, 15) is 62.9 Å². The second kappa shape index (κ2) is 8.47. The van der Waals surface area contributed by atoms with Gasteiger partial charge in [0.05, 0.1) is 22.3 Å². The molecule has 1 unspecified atom stereocenters. The lowest BCUT2D eigenvalue weighted by molar-refractivity contribution is -0.144. The molecule has 0 saturated heterocycles. The van der Waals surface area contributed by atoms with E-state index in [2.05, 4.69) is 0 Å². The molecule has 2 rings (SSSR count). The summed E-state index contributed by atoms with van der Waals surface area (Å²) < 4.78 is 155. The van der Waals surface area contributed by atoms with Gasteiger partial charge in [0.15, 0.2) is 0 Å². The molecule has 14 heteroatoms. The van der Waals surface area contributed by atoms with Gasteiger partial charge in [-0.3, -0.25) is 0 Å². The Balaban J connectivity index is 2.60. The van der Waals surface area contributed by atoms with Gasteiger partial charge in [0.1, 0.15) is 11.9 Å². The van der Waals surface area contributed by atoms with Crippen molar-refractivity contribution in [1.82, 2.24) is 0 Å². The third-order valence-corrected chi connectivity index (χ3v) is 4.15. The normalized spacial score (nSPS) is 15.0. The van der Waals surface area contributed by atoms with Crippen molar-refractivity contribution >= 4 is 5.76 Å². The van der Waals surface area contributed by atoms with Gasteiger partial charge in [-0.1, -0.05) is 0 Å². The van der Waals surface area contributed by atoms with E-state index in [-0.39, 0.29) is 42.5 Å². The van der Waals surface area contributed by atoms with Crippen molar-refractivity contribution in [1.29, 1.82) is 0 Å². The van der Waals surface area contributed by atoms with Crippen LogP contribution in [-0.2, 0) is 24.7 Å². The van der Waals surface area contributed by atoms with Crippen LogP contribution in [0.1, 0.15) is 39.5 Å². The number of benzene rings is 2. The van der Waals surface area contributed by atoms with Gasteiger partial charge in [-0.25, -0.2) is 0 Å². The topological polar surface area (TPSA) is 40.5 Å². The zero-order chi connectivity index (χ0) is 25.6. The quantitative estimate of drug-likeness (QED) is 0.342. The molecule has 0 heterocycles. The predicted octanol–water partition coefficient (Wildman–Crippen LogP) is 7.39. The van der Waals surface area contributed by atoms with Crippen LogP contribution in [-0.4, -0.2) is 10.2 Å². The van der Waals surface area contributed by atoms with E-state index in [1.54, 1.807) is 0 Å². The largest absolute Gasteiger partial charge is 0.508 e. The lowest BCUT2D eigenvalue weighted by Gasteiger charge is -2.17. The first kappa shape index (κ1) is 26.4. The fourth-order valence-corrected chi connectivity index (χ4v) is 2.59. The lowest BCUT2D eigenvalue weighted by atomic mass is 9.98. The van der Waals surface area contributed by atoms with Crippen LogP contribution in [0.5, 0.6) is 0 Å². The summed E-state index contributed by atoms with van der Waals surface area (Å²) >= 11 is 0. The van der Waals surface area contributed by atoms with E-state index in [1.807, 2.05) is 0 Å². The first-order chi connectivity index (χ1) is 14.7. The maximum Gasteiger partial charge on any atom is 0.416 e. The molecule has 0 amide bonds. The van der Waals surface area contributed by atoms with Crippen molar-refractivity contribution in [2.75, 3.05) is 0 Å². The summed E-state index contributed by atoms with van der Waals surface area (Å²) in [5.74, 6) is -1.45. The van der Waals surface area contributed by atoms with Gasteiger partial charge in [0, 0.05) is 5.56 Å². The van der Waals surface area contributed by atoms with E-state index in [0.717, 1.165) is 0 Å². The van der Waals surface area contributed by atoms with Crippen LogP contribution in [0.25, 0.3) is 5.76 Å². The standard InChI is InChI=1S/C19H10F12O2/c20-16(21,22)10-1-8(2-11(5-10)17(23,24)25)14(32)7-15(33)9-3-12(18(26,27)28)6-13(4-9)19(29,30)31/h1-7,14,32-33H/b15-7-. The highest BCUT2D eigenvalue weighted by Crippen LogP contribution is 2.39. The average Bonchev–Trinajstić information content (AvgIpc) is 2.64. The Morgan fingerprint density at radius 3 is 1.18 bits per heavy atom. The van der Waals surface area contributed by atoms with E-state index < -0.39 is 69.9 Å². The highest BCUT2D eigenvalue weighted by Gasteiger charge is 2.38. The monoisotopic (exact) mass is 498 g/mol. The van der Waals surface area contributed by atoms with E-state index in [4.69, 9.17) is 0 Å². The Hall–Kier alpha value is -2.90. The van der Waals surface area contributed by atoms with Gasteiger partial charge in [-0.05, 0) is 48.0 Å². The highest BCUT2D eigenvalue weighted by atomic mass is 19.4. The molecule has 0 aliphatic rings.